The van der Waals surface area contributed by atoms with E-state index < -0.39 is 17.0 Å². The van der Waals surface area contributed by atoms with Crippen LogP contribution >= 0.6 is 0 Å². The van der Waals surface area contributed by atoms with Crippen molar-refractivity contribution in [1.29, 1.82) is 0 Å². The molecular weight excluding hydrogens is 465 g/mol. The fourth-order valence-electron chi connectivity index (χ4n) is 4.29. The predicted molar refractivity (Wildman–Crippen MR) is 133 cm³/mol. The van der Waals surface area contributed by atoms with E-state index in [0.29, 0.717) is 26.2 Å². The van der Waals surface area contributed by atoms with Gasteiger partial charge in [-0.3, -0.25) is 28.4 Å². The van der Waals surface area contributed by atoms with E-state index >= 15 is 0 Å². The first-order valence-corrected chi connectivity index (χ1v) is 11.7. The molecule has 1 amide bonds. The first-order valence-electron chi connectivity index (χ1n) is 11.7. The Bertz CT molecular complexity index is 1370. The van der Waals surface area contributed by atoms with Gasteiger partial charge in [0, 0.05) is 33.2 Å². The standard InChI is InChI=1S/C26H28FN5O4/c1-29-25(35)23(24(28)32(26(29)36)16-19-5-3-2-4-6-19)21(33)17-30-11-13-31(14-12-30)22(34)15-18-7-9-20(27)10-8-18/h2-10H,11-17,28H2,1H3. The molecule has 36 heavy (non-hydrogen) atoms. The minimum atomic E-state index is -0.722. The molecule has 10 heteroatoms. The zero-order chi connectivity index (χ0) is 25.8. The number of rotatable bonds is 7. The Kier molecular flexibility index (Phi) is 7.44. The van der Waals surface area contributed by atoms with Gasteiger partial charge in [-0.25, -0.2) is 9.18 Å². The van der Waals surface area contributed by atoms with Crippen LogP contribution in [0.5, 0.6) is 0 Å². The van der Waals surface area contributed by atoms with Crippen molar-refractivity contribution in [2.75, 3.05) is 38.5 Å². The Hall–Kier alpha value is -4.05. The number of benzene rings is 2. The molecule has 9 nitrogen and oxygen atoms in total. The molecule has 1 saturated heterocycles. The molecule has 0 aliphatic carbocycles. The highest BCUT2D eigenvalue weighted by atomic mass is 19.1. The number of hydrogen-bond acceptors (Lipinski definition) is 6. The number of hydrogen-bond donors (Lipinski definition) is 1. The SMILES string of the molecule is Cn1c(=O)c(C(=O)CN2CCN(C(=O)Cc3ccc(F)cc3)CC2)c(N)n(Cc2ccccc2)c1=O. The average Bonchev–Trinajstić information content (AvgIpc) is 2.88. The molecule has 188 valence electrons. The van der Waals surface area contributed by atoms with E-state index in [1.807, 2.05) is 35.2 Å². The quantitative estimate of drug-likeness (QED) is 0.490. The summed E-state index contributed by atoms with van der Waals surface area (Å²) in [6.07, 6.45) is 0.175. The maximum atomic E-state index is 13.1. The summed E-state index contributed by atoms with van der Waals surface area (Å²) in [4.78, 5) is 54.8. The van der Waals surface area contributed by atoms with E-state index in [1.165, 1.54) is 23.7 Å². The van der Waals surface area contributed by atoms with E-state index in [4.69, 9.17) is 5.73 Å². The lowest BCUT2D eigenvalue weighted by molar-refractivity contribution is -0.132. The van der Waals surface area contributed by atoms with Gasteiger partial charge in [-0.05, 0) is 23.3 Å². The van der Waals surface area contributed by atoms with Crippen LogP contribution in [0.25, 0.3) is 0 Å². The average molecular weight is 494 g/mol. The van der Waals surface area contributed by atoms with Crippen LogP contribution in [0.3, 0.4) is 0 Å². The number of carbonyl (C=O) groups is 2. The van der Waals surface area contributed by atoms with Crippen LogP contribution in [0.4, 0.5) is 10.2 Å². The number of halogens is 1. The van der Waals surface area contributed by atoms with Crippen LogP contribution in [-0.2, 0) is 24.8 Å². The van der Waals surface area contributed by atoms with Crippen LogP contribution in [0, 0.1) is 5.82 Å². The highest BCUT2D eigenvalue weighted by Gasteiger charge is 2.26. The first kappa shape index (κ1) is 25.1. The predicted octanol–water partition coefficient (Wildman–Crippen LogP) is 0.886. The number of Topliss-reactive ketones (excluding diaryl/α,β-unsaturated/α-hetero) is 1. The van der Waals surface area contributed by atoms with Crippen LogP contribution in [0.15, 0.2) is 64.2 Å². The third-order valence-electron chi connectivity index (χ3n) is 6.41. The summed E-state index contributed by atoms with van der Waals surface area (Å²) in [5.41, 5.74) is 6.21. The van der Waals surface area contributed by atoms with Gasteiger partial charge in [0.05, 0.1) is 19.5 Å². The topological polar surface area (TPSA) is 111 Å². The Labute approximate surface area is 207 Å². The van der Waals surface area contributed by atoms with Crippen molar-refractivity contribution in [3.63, 3.8) is 0 Å². The number of ketones is 1. The number of piperazine rings is 1. The van der Waals surface area contributed by atoms with Gasteiger partial charge >= 0.3 is 5.69 Å². The second-order valence-electron chi connectivity index (χ2n) is 8.86. The second-order valence-corrected chi connectivity index (χ2v) is 8.86. The summed E-state index contributed by atoms with van der Waals surface area (Å²) in [6, 6.07) is 15.0. The second kappa shape index (κ2) is 10.7. The van der Waals surface area contributed by atoms with E-state index in [2.05, 4.69) is 0 Å². The number of nitrogens with zero attached hydrogens (tertiary/aromatic N) is 4. The molecule has 1 fully saturated rings. The molecule has 0 spiro atoms. The summed E-state index contributed by atoms with van der Waals surface area (Å²) in [5, 5.41) is 0. The molecule has 0 bridgehead atoms. The number of amides is 1. The Balaban J connectivity index is 1.43. The third-order valence-corrected chi connectivity index (χ3v) is 6.41. The number of anilines is 1. The van der Waals surface area contributed by atoms with Crippen molar-refractivity contribution in [2.24, 2.45) is 7.05 Å². The van der Waals surface area contributed by atoms with Gasteiger partial charge in [-0.15, -0.1) is 0 Å². The smallest absolute Gasteiger partial charge is 0.332 e. The zero-order valence-corrected chi connectivity index (χ0v) is 20.0. The fraction of sp³-hybridized carbons (Fsp3) is 0.308. The van der Waals surface area contributed by atoms with Gasteiger partial charge in [0.2, 0.25) is 5.91 Å². The Morgan fingerprint density at radius 1 is 0.917 bits per heavy atom. The van der Waals surface area contributed by atoms with E-state index in [-0.39, 0.29) is 42.6 Å². The molecule has 1 aliphatic heterocycles. The maximum Gasteiger partial charge on any atom is 0.332 e. The zero-order valence-electron chi connectivity index (χ0n) is 20.0. The monoisotopic (exact) mass is 493 g/mol. The molecule has 0 radical (unpaired) electrons. The fourth-order valence-corrected chi connectivity index (χ4v) is 4.29. The molecule has 1 aromatic heterocycles. The largest absolute Gasteiger partial charge is 0.384 e. The molecule has 2 N–H and O–H groups in total. The summed E-state index contributed by atoms with van der Waals surface area (Å²) < 4.78 is 15.2. The molecule has 0 saturated carbocycles. The molecule has 0 atom stereocenters. The summed E-state index contributed by atoms with van der Waals surface area (Å²) >= 11 is 0. The van der Waals surface area contributed by atoms with Gasteiger partial charge in [-0.2, -0.15) is 0 Å². The Morgan fingerprint density at radius 3 is 2.19 bits per heavy atom. The van der Waals surface area contributed by atoms with Crippen molar-refractivity contribution in [2.45, 2.75) is 13.0 Å². The van der Waals surface area contributed by atoms with Gasteiger partial charge in [0.15, 0.2) is 5.78 Å². The van der Waals surface area contributed by atoms with Crippen molar-refractivity contribution in [3.8, 4) is 0 Å². The number of nitrogen functional groups attached to an aromatic ring is 1. The van der Waals surface area contributed by atoms with E-state index in [0.717, 1.165) is 15.7 Å². The highest BCUT2D eigenvalue weighted by Crippen LogP contribution is 2.12. The lowest BCUT2D eigenvalue weighted by Gasteiger charge is -2.34. The van der Waals surface area contributed by atoms with Crippen molar-refractivity contribution in [1.82, 2.24) is 18.9 Å². The molecule has 1 aliphatic rings. The molecule has 3 aromatic rings. The van der Waals surface area contributed by atoms with Gasteiger partial charge < -0.3 is 10.6 Å². The molecule has 0 unspecified atom stereocenters. The highest BCUT2D eigenvalue weighted by molar-refractivity contribution is 6.01. The third kappa shape index (κ3) is 5.44. The number of carbonyl (C=O) groups excluding carboxylic acids is 2. The van der Waals surface area contributed by atoms with Crippen LogP contribution in [0.2, 0.25) is 0 Å². The number of nitrogens with two attached hydrogens (primary N) is 1. The normalized spacial score (nSPS) is 14.1. The van der Waals surface area contributed by atoms with E-state index in [9.17, 15) is 23.6 Å². The molecule has 2 aromatic carbocycles. The lowest BCUT2D eigenvalue weighted by atomic mass is 10.1. The molecular formula is C26H28FN5O4. The van der Waals surface area contributed by atoms with Crippen molar-refractivity contribution in [3.05, 3.63) is 97.9 Å². The summed E-state index contributed by atoms with van der Waals surface area (Å²) in [6.45, 7) is 1.83. The van der Waals surface area contributed by atoms with Crippen LogP contribution < -0.4 is 17.0 Å². The summed E-state index contributed by atoms with van der Waals surface area (Å²) in [5.74, 6) is -1.04. The minimum Gasteiger partial charge on any atom is -0.384 e. The molecule has 2 heterocycles. The number of aromatic nitrogens is 2. The summed E-state index contributed by atoms with van der Waals surface area (Å²) in [7, 11) is 1.33. The van der Waals surface area contributed by atoms with Crippen LogP contribution in [-0.4, -0.2) is 63.3 Å². The first-order chi connectivity index (χ1) is 17.2. The minimum absolute atomic E-state index is 0.0526. The lowest BCUT2D eigenvalue weighted by Crippen LogP contribution is -2.51. The van der Waals surface area contributed by atoms with E-state index in [1.54, 1.807) is 17.0 Å². The van der Waals surface area contributed by atoms with Gasteiger partial charge in [-0.1, -0.05) is 42.5 Å². The van der Waals surface area contributed by atoms with Gasteiger partial charge in [0.25, 0.3) is 5.56 Å². The maximum absolute atomic E-state index is 13.1. The molecule has 4 rings (SSSR count). The Morgan fingerprint density at radius 2 is 1.56 bits per heavy atom. The van der Waals surface area contributed by atoms with Crippen molar-refractivity contribution < 1.29 is 14.0 Å². The van der Waals surface area contributed by atoms with Crippen molar-refractivity contribution >= 4 is 17.5 Å². The van der Waals surface area contributed by atoms with Gasteiger partial charge in [0.1, 0.15) is 17.2 Å². The van der Waals surface area contributed by atoms with Crippen LogP contribution in [0.1, 0.15) is 21.5 Å².